The van der Waals surface area contributed by atoms with Gasteiger partial charge in [-0.05, 0) is 0 Å². The van der Waals surface area contributed by atoms with Crippen LogP contribution < -0.4 is 0 Å². The molecule has 18 heavy (non-hydrogen) atoms. The molecule has 9 nitrogen and oxygen atoms in total. The van der Waals surface area contributed by atoms with E-state index in [9.17, 15) is 8.42 Å². The predicted molar refractivity (Wildman–Crippen MR) is 59.9 cm³/mol. The SMILES string of the molecule is CS(=O)(=O)OCCC(n1ccnn1)n1ccnn1. The highest BCUT2D eigenvalue weighted by atomic mass is 32.2. The molecular formula is C8H12N6O3S. The van der Waals surface area contributed by atoms with Crippen LogP contribution in [0.2, 0.25) is 0 Å². The number of rotatable bonds is 6. The Morgan fingerprint density at radius 1 is 1.17 bits per heavy atom. The Hall–Kier alpha value is -1.81. The zero-order valence-corrected chi connectivity index (χ0v) is 10.4. The van der Waals surface area contributed by atoms with Crippen LogP contribution in [0.3, 0.4) is 0 Å². The predicted octanol–water partition coefficient (Wildman–Crippen LogP) is -0.717. The highest BCUT2D eigenvalue weighted by Crippen LogP contribution is 2.11. The van der Waals surface area contributed by atoms with Gasteiger partial charge in [-0.3, -0.25) is 4.18 Å². The molecular weight excluding hydrogens is 260 g/mol. The van der Waals surface area contributed by atoms with Crippen molar-refractivity contribution in [1.82, 2.24) is 30.0 Å². The molecule has 0 fully saturated rings. The Morgan fingerprint density at radius 2 is 1.72 bits per heavy atom. The first-order valence-electron chi connectivity index (χ1n) is 5.12. The average molecular weight is 272 g/mol. The van der Waals surface area contributed by atoms with E-state index in [1.54, 1.807) is 21.8 Å². The van der Waals surface area contributed by atoms with E-state index in [-0.39, 0.29) is 12.8 Å². The van der Waals surface area contributed by atoms with E-state index in [4.69, 9.17) is 4.18 Å². The molecule has 2 heterocycles. The van der Waals surface area contributed by atoms with Crippen molar-refractivity contribution in [3.63, 3.8) is 0 Å². The lowest BCUT2D eigenvalue weighted by atomic mass is 10.3. The van der Waals surface area contributed by atoms with Gasteiger partial charge in [-0.15, -0.1) is 10.2 Å². The van der Waals surface area contributed by atoms with Gasteiger partial charge in [0.1, 0.15) is 6.17 Å². The normalized spacial score (nSPS) is 12.1. The number of nitrogens with zero attached hydrogens (tertiary/aromatic N) is 6. The first-order valence-corrected chi connectivity index (χ1v) is 6.94. The molecule has 10 heteroatoms. The molecule has 0 N–H and O–H groups in total. The van der Waals surface area contributed by atoms with Crippen LogP contribution >= 0.6 is 0 Å². The average Bonchev–Trinajstić information content (AvgIpc) is 2.96. The molecule has 0 aromatic carbocycles. The third-order valence-corrected chi connectivity index (χ3v) is 2.76. The molecule has 98 valence electrons. The summed E-state index contributed by atoms with van der Waals surface area (Å²) in [4.78, 5) is 0. The second-order valence-corrected chi connectivity index (χ2v) is 5.21. The monoisotopic (exact) mass is 272 g/mol. The van der Waals surface area contributed by atoms with Crippen molar-refractivity contribution < 1.29 is 12.6 Å². The molecule has 0 atom stereocenters. The summed E-state index contributed by atoms with van der Waals surface area (Å²) < 4.78 is 29.6. The summed E-state index contributed by atoms with van der Waals surface area (Å²) in [6.45, 7) is 0.0310. The van der Waals surface area contributed by atoms with Gasteiger partial charge in [0.2, 0.25) is 0 Å². The third-order valence-electron chi connectivity index (χ3n) is 2.17. The summed E-state index contributed by atoms with van der Waals surface area (Å²) in [7, 11) is -3.45. The molecule has 0 radical (unpaired) electrons. The summed E-state index contributed by atoms with van der Waals surface area (Å²) in [5.74, 6) is 0. The minimum Gasteiger partial charge on any atom is -0.270 e. The van der Waals surface area contributed by atoms with Crippen molar-refractivity contribution >= 4 is 10.1 Å². The van der Waals surface area contributed by atoms with Gasteiger partial charge in [-0.25, -0.2) is 9.36 Å². The van der Waals surface area contributed by atoms with Gasteiger partial charge in [-0.2, -0.15) is 8.42 Å². The van der Waals surface area contributed by atoms with Crippen molar-refractivity contribution in [2.24, 2.45) is 0 Å². The maximum atomic E-state index is 10.9. The minimum atomic E-state index is -3.45. The first kappa shape index (κ1) is 12.6. The van der Waals surface area contributed by atoms with Gasteiger partial charge >= 0.3 is 0 Å². The molecule has 2 rings (SSSR count). The Labute approximate surface area is 103 Å². The fourth-order valence-electron chi connectivity index (χ4n) is 1.44. The van der Waals surface area contributed by atoms with Crippen molar-refractivity contribution in [3.05, 3.63) is 24.8 Å². The molecule has 0 bridgehead atoms. The van der Waals surface area contributed by atoms with Crippen LogP contribution in [0.25, 0.3) is 0 Å². The van der Waals surface area contributed by atoms with Crippen molar-refractivity contribution in [1.29, 1.82) is 0 Å². The summed E-state index contributed by atoms with van der Waals surface area (Å²) >= 11 is 0. The fraction of sp³-hybridized carbons (Fsp3) is 0.500. The van der Waals surface area contributed by atoms with Crippen molar-refractivity contribution in [3.8, 4) is 0 Å². The molecule has 0 saturated carbocycles. The standard InChI is InChI=1S/C8H12N6O3S/c1-18(15,16)17-7-2-8(13-5-3-9-11-13)14-6-4-10-12-14/h3-6,8H,2,7H2,1H3. The van der Waals surface area contributed by atoms with Gasteiger partial charge in [0.05, 0.1) is 25.3 Å². The second-order valence-electron chi connectivity index (χ2n) is 3.56. The minimum absolute atomic E-state index is 0.0310. The largest absolute Gasteiger partial charge is 0.270 e. The summed E-state index contributed by atoms with van der Waals surface area (Å²) in [6.07, 6.45) is 7.44. The van der Waals surface area contributed by atoms with Crippen LogP contribution in [-0.4, -0.2) is 51.3 Å². The molecule has 0 unspecified atom stereocenters. The molecule has 0 amide bonds. The Balaban J connectivity index is 2.07. The Morgan fingerprint density at radius 3 is 2.11 bits per heavy atom. The smallest absolute Gasteiger partial charge is 0.264 e. The van der Waals surface area contributed by atoms with E-state index in [1.165, 1.54) is 12.4 Å². The first-order chi connectivity index (χ1) is 8.56. The van der Waals surface area contributed by atoms with Gasteiger partial charge in [-0.1, -0.05) is 10.4 Å². The number of hydrogen-bond acceptors (Lipinski definition) is 7. The lowest BCUT2D eigenvalue weighted by Crippen LogP contribution is -2.22. The Bertz CT molecular complexity index is 530. The lowest BCUT2D eigenvalue weighted by Gasteiger charge is -2.16. The zero-order chi connectivity index (χ0) is 13.0. The van der Waals surface area contributed by atoms with Gasteiger partial charge in [0, 0.05) is 18.8 Å². The van der Waals surface area contributed by atoms with E-state index in [1.807, 2.05) is 0 Å². The van der Waals surface area contributed by atoms with E-state index in [0.29, 0.717) is 6.42 Å². The van der Waals surface area contributed by atoms with Gasteiger partial charge < -0.3 is 0 Å². The molecule has 2 aromatic heterocycles. The molecule has 0 aliphatic rings. The van der Waals surface area contributed by atoms with Crippen LogP contribution in [0.5, 0.6) is 0 Å². The van der Waals surface area contributed by atoms with Crippen LogP contribution in [0.1, 0.15) is 12.6 Å². The summed E-state index contributed by atoms with van der Waals surface area (Å²) in [5, 5.41) is 15.1. The zero-order valence-electron chi connectivity index (χ0n) is 9.62. The molecule has 0 aliphatic carbocycles. The topological polar surface area (TPSA) is 105 Å². The second kappa shape index (κ2) is 5.23. The molecule has 0 aliphatic heterocycles. The highest BCUT2D eigenvalue weighted by molar-refractivity contribution is 7.85. The van der Waals surface area contributed by atoms with E-state index < -0.39 is 10.1 Å². The van der Waals surface area contributed by atoms with E-state index >= 15 is 0 Å². The van der Waals surface area contributed by atoms with Crippen LogP contribution in [-0.2, 0) is 14.3 Å². The molecule has 0 spiro atoms. The van der Waals surface area contributed by atoms with Crippen molar-refractivity contribution in [2.75, 3.05) is 12.9 Å². The highest BCUT2D eigenvalue weighted by Gasteiger charge is 2.15. The maximum absolute atomic E-state index is 10.9. The van der Waals surface area contributed by atoms with E-state index in [0.717, 1.165) is 6.26 Å². The molecule has 0 saturated heterocycles. The van der Waals surface area contributed by atoms with Crippen LogP contribution in [0.15, 0.2) is 24.8 Å². The van der Waals surface area contributed by atoms with Gasteiger partial charge in [0.15, 0.2) is 0 Å². The van der Waals surface area contributed by atoms with Crippen LogP contribution in [0, 0.1) is 0 Å². The number of aromatic nitrogens is 6. The summed E-state index contributed by atoms with van der Waals surface area (Å²) in [5.41, 5.74) is 0. The van der Waals surface area contributed by atoms with Gasteiger partial charge in [0.25, 0.3) is 10.1 Å². The quantitative estimate of drug-likeness (QED) is 0.639. The van der Waals surface area contributed by atoms with Crippen molar-refractivity contribution in [2.45, 2.75) is 12.6 Å². The van der Waals surface area contributed by atoms with E-state index in [2.05, 4.69) is 20.6 Å². The Kier molecular flexibility index (Phi) is 3.67. The third kappa shape index (κ3) is 3.34. The summed E-state index contributed by atoms with van der Waals surface area (Å²) in [6, 6.07) is 0. The number of hydrogen-bond donors (Lipinski definition) is 0. The fourth-order valence-corrected chi connectivity index (χ4v) is 1.84. The molecule has 2 aromatic rings. The van der Waals surface area contributed by atoms with Crippen LogP contribution in [0.4, 0.5) is 0 Å². The lowest BCUT2D eigenvalue weighted by molar-refractivity contribution is 0.244. The maximum Gasteiger partial charge on any atom is 0.264 e.